The van der Waals surface area contributed by atoms with Crippen LogP contribution in [-0.4, -0.2) is 0 Å². The fraction of sp³-hybridized carbons (Fsp3) is 0.625. The van der Waals surface area contributed by atoms with Gasteiger partial charge in [0.2, 0.25) is 0 Å². The molecular weight excluding hydrogens is 185 g/mol. The number of hydrogen-bond donors (Lipinski definition) is 0. The maximum absolute atomic E-state index is 3.19. The minimum Gasteiger partial charge on any atom is -0.501 e. The van der Waals surface area contributed by atoms with Gasteiger partial charge >= 0.3 is 0 Å². The van der Waals surface area contributed by atoms with E-state index in [-0.39, 0.29) is 40.1 Å². The standard InChI is InChI=1S/C7H11.CH3.Y/c1-7-5-3-2-4-6-7;;/h3,7H,4-6H2,1H3;1H3;/q2*-1;. The monoisotopic (exact) mass is 199 g/mol. The molecule has 0 bridgehead atoms. The third-order valence-corrected chi connectivity index (χ3v) is 1.45. The summed E-state index contributed by atoms with van der Waals surface area (Å²) in [5.41, 5.74) is 0. The first kappa shape index (κ1) is 12.5. The first-order valence-corrected chi connectivity index (χ1v) is 2.94. The fourth-order valence-electron chi connectivity index (χ4n) is 0.834. The predicted octanol–water partition coefficient (Wildman–Crippen LogP) is 2.61. The second-order valence-corrected chi connectivity index (χ2v) is 2.29. The van der Waals surface area contributed by atoms with Crippen molar-refractivity contribution in [3.63, 3.8) is 0 Å². The predicted molar refractivity (Wildman–Crippen MR) is 37.2 cm³/mol. The van der Waals surface area contributed by atoms with Crippen LogP contribution in [0, 0.1) is 19.4 Å². The molecule has 1 rings (SSSR count). The summed E-state index contributed by atoms with van der Waals surface area (Å²) < 4.78 is 0. The van der Waals surface area contributed by atoms with Crippen LogP contribution in [0.2, 0.25) is 0 Å². The zero-order valence-corrected chi connectivity index (χ0v) is 9.19. The minimum absolute atomic E-state index is 0. The molecule has 0 saturated heterocycles. The Labute approximate surface area is 84.0 Å². The van der Waals surface area contributed by atoms with Gasteiger partial charge < -0.3 is 13.5 Å². The number of hydrogen-bond acceptors (Lipinski definition) is 0. The molecule has 0 spiro atoms. The van der Waals surface area contributed by atoms with Crippen molar-refractivity contribution in [1.82, 2.24) is 0 Å². The molecule has 0 nitrogen and oxygen atoms in total. The average molecular weight is 199 g/mol. The van der Waals surface area contributed by atoms with E-state index >= 15 is 0 Å². The molecule has 1 atom stereocenters. The van der Waals surface area contributed by atoms with E-state index in [1.165, 1.54) is 19.3 Å². The molecule has 1 radical (unpaired) electrons. The van der Waals surface area contributed by atoms with Crippen molar-refractivity contribution in [1.29, 1.82) is 0 Å². The van der Waals surface area contributed by atoms with Gasteiger partial charge in [0.25, 0.3) is 0 Å². The van der Waals surface area contributed by atoms with Gasteiger partial charge in [0.15, 0.2) is 0 Å². The summed E-state index contributed by atoms with van der Waals surface area (Å²) in [6.07, 6.45) is 9.13. The largest absolute Gasteiger partial charge is 0.501 e. The SMILES string of the molecule is CC1CC=[C-]CC1.[CH3-].[Y]. The Morgan fingerprint density at radius 1 is 1.56 bits per heavy atom. The zero-order valence-electron chi connectivity index (χ0n) is 6.35. The van der Waals surface area contributed by atoms with Gasteiger partial charge in [-0.2, -0.15) is 6.42 Å². The average Bonchev–Trinajstić information content (AvgIpc) is 1.69. The fourth-order valence-corrected chi connectivity index (χ4v) is 0.834. The Balaban J connectivity index is 0. The molecule has 0 aromatic carbocycles. The summed E-state index contributed by atoms with van der Waals surface area (Å²) in [6, 6.07) is 0. The summed E-state index contributed by atoms with van der Waals surface area (Å²) in [6.45, 7) is 2.29. The Morgan fingerprint density at radius 3 is 2.44 bits per heavy atom. The molecule has 0 aromatic heterocycles. The molecule has 1 unspecified atom stereocenters. The van der Waals surface area contributed by atoms with Gasteiger partial charge in [-0.3, -0.25) is 6.08 Å². The summed E-state index contributed by atoms with van der Waals surface area (Å²) in [4.78, 5) is 0. The molecule has 9 heavy (non-hydrogen) atoms. The number of allylic oxidation sites excluding steroid dienone is 2. The van der Waals surface area contributed by atoms with E-state index < -0.39 is 0 Å². The first-order chi connectivity index (χ1) is 3.39. The van der Waals surface area contributed by atoms with E-state index in [9.17, 15) is 0 Å². The molecule has 0 aliphatic heterocycles. The minimum atomic E-state index is 0. The van der Waals surface area contributed by atoms with E-state index in [0.717, 1.165) is 5.92 Å². The molecule has 51 valence electrons. The molecule has 0 fully saturated rings. The Morgan fingerprint density at radius 2 is 2.22 bits per heavy atom. The smallest absolute Gasteiger partial charge is 0 e. The molecule has 0 N–H and O–H groups in total. The van der Waals surface area contributed by atoms with E-state index in [0.29, 0.717) is 0 Å². The van der Waals surface area contributed by atoms with Gasteiger partial charge in [0.05, 0.1) is 0 Å². The van der Waals surface area contributed by atoms with Crippen molar-refractivity contribution in [3.8, 4) is 0 Å². The molecular formula is C8H14Y-2. The quantitative estimate of drug-likeness (QED) is 0.526. The van der Waals surface area contributed by atoms with Crippen LogP contribution in [0.5, 0.6) is 0 Å². The van der Waals surface area contributed by atoms with Gasteiger partial charge in [0.1, 0.15) is 0 Å². The first-order valence-electron chi connectivity index (χ1n) is 2.94. The van der Waals surface area contributed by atoms with Crippen LogP contribution >= 0.6 is 0 Å². The third kappa shape index (κ3) is 5.30. The normalized spacial score (nSPS) is 23.9. The van der Waals surface area contributed by atoms with Crippen molar-refractivity contribution < 1.29 is 32.7 Å². The van der Waals surface area contributed by atoms with Crippen LogP contribution in [0.25, 0.3) is 0 Å². The summed E-state index contributed by atoms with van der Waals surface area (Å²) in [5.74, 6) is 0.918. The third-order valence-electron chi connectivity index (χ3n) is 1.45. The van der Waals surface area contributed by atoms with Gasteiger partial charge in [-0.1, -0.05) is 19.8 Å². The second-order valence-electron chi connectivity index (χ2n) is 2.29. The Hall–Kier alpha value is 0.844. The van der Waals surface area contributed by atoms with Crippen LogP contribution < -0.4 is 0 Å². The van der Waals surface area contributed by atoms with Crippen molar-refractivity contribution in [3.05, 3.63) is 19.6 Å². The van der Waals surface area contributed by atoms with Crippen LogP contribution in [0.3, 0.4) is 0 Å². The Bertz CT molecular complexity index is 76.6. The molecule has 0 aromatic rings. The van der Waals surface area contributed by atoms with E-state index in [4.69, 9.17) is 0 Å². The second kappa shape index (κ2) is 6.96. The van der Waals surface area contributed by atoms with Crippen LogP contribution in [0.1, 0.15) is 26.2 Å². The summed E-state index contributed by atoms with van der Waals surface area (Å²) in [5, 5.41) is 0. The molecule has 0 amide bonds. The maximum atomic E-state index is 3.19. The Kier molecular flexibility index (Phi) is 9.67. The van der Waals surface area contributed by atoms with E-state index in [1.807, 2.05) is 0 Å². The summed E-state index contributed by atoms with van der Waals surface area (Å²) in [7, 11) is 0. The molecule has 1 aliphatic rings. The summed E-state index contributed by atoms with van der Waals surface area (Å²) >= 11 is 0. The van der Waals surface area contributed by atoms with Crippen molar-refractivity contribution in [2.24, 2.45) is 5.92 Å². The molecule has 1 aliphatic carbocycles. The molecule has 1 heteroatoms. The van der Waals surface area contributed by atoms with Crippen molar-refractivity contribution >= 4 is 0 Å². The van der Waals surface area contributed by atoms with Crippen LogP contribution in [0.4, 0.5) is 0 Å². The van der Waals surface area contributed by atoms with Gasteiger partial charge in [-0.15, -0.1) is 0 Å². The molecule has 0 saturated carbocycles. The zero-order chi connectivity index (χ0) is 5.11. The van der Waals surface area contributed by atoms with E-state index in [2.05, 4.69) is 19.1 Å². The van der Waals surface area contributed by atoms with Gasteiger partial charge in [0, 0.05) is 32.7 Å². The molecule has 0 heterocycles. The van der Waals surface area contributed by atoms with Gasteiger partial charge in [-0.05, 0) is 5.92 Å². The number of rotatable bonds is 0. The van der Waals surface area contributed by atoms with Crippen molar-refractivity contribution in [2.45, 2.75) is 26.2 Å². The van der Waals surface area contributed by atoms with E-state index in [1.54, 1.807) is 0 Å². The van der Waals surface area contributed by atoms with Crippen LogP contribution in [0.15, 0.2) is 6.08 Å². The van der Waals surface area contributed by atoms with Crippen molar-refractivity contribution in [2.75, 3.05) is 0 Å². The van der Waals surface area contributed by atoms with Gasteiger partial charge in [-0.25, -0.2) is 0 Å². The topological polar surface area (TPSA) is 0 Å². The maximum Gasteiger partial charge on any atom is 0 e. The van der Waals surface area contributed by atoms with Crippen LogP contribution in [-0.2, 0) is 32.7 Å².